The highest BCUT2D eigenvalue weighted by Crippen LogP contribution is 2.32. The SMILES string of the molecule is CO[C@H]1C(C(=O)[O-])O[C@@H](O[C@H]2C(COS(=O)(=O)[O-])O[C@@H](C)C(NC(=O)CCCCCC(=O)c3ccc(C(=O)c4ccccc4)cc3)[C@H]2O)[C@@H](OS(=O)(=O)[O-])C1O. The van der Waals surface area contributed by atoms with Crippen molar-refractivity contribution in [1.82, 2.24) is 5.32 Å². The Morgan fingerprint density at radius 1 is 0.786 bits per heavy atom. The summed E-state index contributed by atoms with van der Waals surface area (Å²) in [6.07, 6.45) is -16.4. The van der Waals surface area contributed by atoms with E-state index in [4.69, 9.17) is 18.9 Å². The molecule has 0 radical (unpaired) electrons. The third-order valence-corrected chi connectivity index (χ3v) is 9.91. The third kappa shape index (κ3) is 12.4. The largest absolute Gasteiger partial charge is 0.726 e. The number of carboxylic acids is 1. The summed E-state index contributed by atoms with van der Waals surface area (Å²) < 4.78 is 98.2. The van der Waals surface area contributed by atoms with Crippen LogP contribution in [0.25, 0.3) is 0 Å². The van der Waals surface area contributed by atoms with Crippen LogP contribution in [0.15, 0.2) is 54.6 Å². The van der Waals surface area contributed by atoms with Crippen LogP contribution < -0.4 is 10.4 Å². The van der Waals surface area contributed by atoms with E-state index >= 15 is 0 Å². The zero-order chi connectivity index (χ0) is 41.4. The number of aliphatic carboxylic acids is 1. The van der Waals surface area contributed by atoms with Gasteiger partial charge < -0.3 is 53.5 Å². The molecule has 3 N–H and O–H groups in total. The van der Waals surface area contributed by atoms with Gasteiger partial charge in [0.2, 0.25) is 26.7 Å². The first-order chi connectivity index (χ1) is 26.3. The predicted molar refractivity (Wildman–Crippen MR) is 182 cm³/mol. The number of hydrogen-bond acceptors (Lipinski definition) is 19. The number of methoxy groups -OCH3 is 1. The minimum atomic E-state index is -5.65. The monoisotopic (exact) mass is 830 g/mol. The molecule has 0 aromatic heterocycles. The minimum absolute atomic E-state index is 0.103. The van der Waals surface area contributed by atoms with Gasteiger partial charge in [-0.2, -0.15) is 0 Å². The highest BCUT2D eigenvalue weighted by atomic mass is 32.3. The lowest BCUT2D eigenvalue weighted by atomic mass is 9.92. The molecule has 10 atom stereocenters. The Morgan fingerprint density at radius 2 is 1.39 bits per heavy atom. The van der Waals surface area contributed by atoms with E-state index in [1.807, 2.05) is 0 Å². The molecule has 2 heterocycles. The molecule has 2 saturated heterocycles. The maximum atomic E-state index is 13.0. The number of hydrogen-bond donors (Lipinski definition) is 3. The molecule has 0 bridgehead atoms. The second-order valence-corrected chi connectivity index (χ2v) is 15.0. The van der Waals surface area contributed by atoms with Gasteiger partial charge in [0.25, 0.3) is 0 Å². The number of amides is 1. The average molecular weight is 831 g/mol. The smallest absolute Gasteiger partial charge is 0.220 e. The van der Waals surface area contributed by atoms with Crippen molar-refractivity contribution >= 4 is 44.2 Å². The van der Waals surface area contributed by atoms with Crippen LogP contribution in [0.3, 0.4) is 0 Å². The first kappa shape index (κ1) is 44.9. The van der Waals surface area contributed by atoms with E-state index in [0.29, 0.717) is 36.0 Å². The second-order valence-electron chi connectivity index (χ2n) is 12.9. The van der Waals surface area contributed by atoms with Gasteiger partial charge in [-0.05, 0) is 19.8 Å². The molecule has 2 aromatic rings. The maximum Gasteiger partial charge on any atom is 0.220 e. The molecule has 22 heteroatoms. The molecule has 2 fully saturated rings. The summed E-state index contributed by atoms with van der Waals surface area (Å²) in [5.41, 5.74) is 1.35. The van der Waals surface area contributed by atoms with Crippen LogP contribution >= 0.6 is 0 Å². The van der Waals surface area contributed by atoms with E-state index in [1.165, 1.54) is 6.92 Å². The van der Waals surface area contributed by atoms with E-state index in [1.54, 1.807) is 54.6 Å². The van der Waals surface area contributed by atoms with E-state index in [2.05, 4.69) is 13.7 Å². The molecule has 0 saturated carbocycles. The summed E-state index contributed by atoms with van der Waals surface area (Å²) >= 11 is 0. The molecule has 1 amide bonds. The summed E-state index contributed by atoms with van der Waals surface area (Å²) in [4.78, 5) is 50.1. The number of nitrogens with one attached hydrogen (secondary N) is 1. The van der Waals surface area contributed by atoms with Crippen molar-refractivity contribution in [2.45, 2.75) is 100 Å². The van der Waals surface area contributed by atoms with Gasteiger partial charge >= 0.3 is 0 Å². The van der Waals surface area contributed by atoms with Gasteiger partial charge in [0.05, 0.1) is 24.7 Å². The number of ketones is 2. The number of Topliss-reactive ketones (excluding diaryl/α,β-unsaturated/α-hetero) is 1. The molecular weight excluding hydrogens is 790 g/mol. The van der Waals surface area contributed by atoms with E-state index < -0.39 is 100 Å². The second kappa shape index (κ2) is 19.6. The van der Waals surface area contributed by atoms with Crippen molar-refractivity contribution in [3.05, 3.63) is 71.3 Å². The van der Waals surface area contributed by atoms with Crippen molar-refractivity contribution in [3.63, 3.8) is 0 Å². The molecule has 20 nitrogen and oxygen atoms in total. The van der Waals surface area contributed by atoms with Crippen LogP contribution in [0.2, 0.25) is 0 Å². The fourth-order valence-corrected chi connectivity index (χ4v) is 7.07. The van der Waals surface area contributed by atoms with Crippen molar-refractivity contribution in [3.8, 4) is 0 Å². The van der Waals surface area contributed by atoms with Gasteiger partial charge in [-0.1, -0.05) is 61.0 Å². The van der Waals surface area contributed by atoms with Gasteiger partial charge in [0, 0.05) is 36.6 Å². The van der Waals surface area contributed by atoms with Crippen LogP contribution in [-0.2, 0) is 57.7 Å². The van der Waals surface area contributed by atoms with Gasteiger partial charge in [-0.3, -0.25) is 22.7 Å². The van der Waals surface area contributed by atoms with Crippen molar-refractivity contribution in [2.75, 3.05) is 13.7 Å². The Kier molecular flexibility index (Phi) is 15.7. The van der Waals surface area contributed by atoms with E-state index in [-0.39, 0.29) is 24.4 Å². The van der Waals surface area contributed by atoms with Crippen LogP contribution in [0.1, 0.15) is 65.3 Å². The Morgan fingerprint density at radius 3 is 1.98 bits per heavy atom. The fraction of sp³-hybridized carbons (Fsp3) is 0.529. The zero-order valence-corrected chi connectivity index (χ0v) is 31.5. The summed E-state index contributed by atoms with van der Waals surface area (Å²) in [6, 6.07) is 13.6. The summed E-state index contributed by atoms with van der Waals surface area (Å²) in [7, 11) is -10.1. The summed E-state index contributed by atoms with van der Waals surface area (Å²) in [5.74, 6) is -2.96. The van der Waals surface area contributed by atoms with Crippen molar-refractivity contribution in [1.29, 1.82) is 0 Å². The number of aliphatic hydroxyl groups excluding tert-OH is 2. The van der Waals surface area contributed by atoms with Crippen molar-refractivity contribution < 1.29 is 87.8 Å². The molecule has 56 heavy (non-hydrogen) atoms. The number of benzene rings is 2. The molecule has 2 aliphatic rings. The first-order valence-corrected chi connectivity index (χ1v) is 19.8. The summed E-state index contributed by atoms with van der Waals surface area (Å²) in [5, 5.41) is 36.4. The van der Waals surface area contributed by atoms with Gasteiger partial charge in [0.15, 0.2) is 24.0 Å². The number of unbranched alkanes of at least 4 members (excludes halogenated alkanes) is 2. The quantitative estimate of drug-likeness (QED) is 0.0611. The first-order valence-electron chi connectivity index (χ1n) is 17.1. The average Bonchev–Trinajstić information content (AvgIpc) is 3.13. The van der Waals surface area contributed by atoms with E-state index in [9.17, 15) is 60.4 Å². The molecule has 4 unspecified atom stereocenters. The van der Waals surface area contributed by atoms with Crippen molar-refractivity contribution in [2.24, 2.45) is 0 Å². The highest BCUT2D eigenvalue weighted by molar-refractivity contribution is 7.81. The van der Waals surface area contributed by atoms with Gasteiger partial charge in [-0.15, -0.1) is 0 Å². The lowest BCUT2D eigenvalue weighted by molar-refractivity contribution is -0.360. The number of ether oxygens (including phenoxy) is 4. The number of carbonyl (C=O) groups is 4. The molecule has 0 spiro atoms. The lowest BCUT2D eigenvalue weighted by Crippen LogP contribution is -2.68. The normalized spacial score (nSPS) is 28.3. The van der Waals surface area contributed by atoms with E-state index in [0.717, 1.165) is 7.11 Å². The lowest BCUT2D eigenvalue weighted by Gasteiger charge is -2.48. The topological polar surface area (TPSA) is 314 Å². The van der Waals surface area contributed by atoms with Crippen LogP contribution in [-0.4, -0.2) is 134 Å². The van der Waals surface area contributed by atoms with Gasteiger partial charge in [-0.25, -0.2) is 16.8 Å². The molecular formula is C34H40NO19S2-3. The number of carboxylic acid groups (broad SMARTS) is 1. The summed E-state index contributed by atoms with van der Waals surface area (Å²) in [6.45, 7) is 0.239. The number of aliphatic hydroxyl groups is 2. The van der Waals surface area contributed by atoms with Gasteiger partial charge in [0.1, 0.15) is 36.6 Å². The Balaban J connectivity index is 1.37. The molecule has 310 valence electrons. The zero-order valence-electron chi connectivity index (χ0n) is 29.9. The maximum absolute atomic E-state index is 13.0. The molecule has 0 aliphatic carbocycles. The molecule has 2 aliphatic heterocycles. The highest BCUT2D eigenvalue weighted by Gasteiger charge is 2.53. The third-order valence-electron chi connectivity index (χ3n) is 9.03. The number of rotatable bonds is 19. The van der Waals surface area contributed by atoms with Crippen LogP contribution in [0.4, 0.5) is 0 Å². The minimum Gasteiger partial charge on any atom is -0.726 e. The Bertz CT molecular complexity index is 1890. The fourth-order valence-electron chi connectivity index (χ4n) is 6.29. The number of carbonyl (C=O) groups excluding carboxylic acids is 4. The predicted octanol–water partition coefficient (Wildman–Crippen LogP) is -1.76. The standard InChI is InChI=1S/C34H43NO19S2/c1-18-25(35-24(37)12-8-4-7-11-22(36)19-13-15-21(16-14-19)26(38)20-9-5-3-6-10-20)27(39)29(23(51-18)17-50-55(43,44)45)52-34-31(54-56(46,47)48)28(40)30(49-2)32(53-34)33(41)42/h3,5-6,9-10,13-16,18,23,25,27-32,34,39-40H,4,7-8,11-12,17H2,1-2H3,(H,35,37)(H,41,42)(H,43,44,45)(H,46,47,48)/p-3/t18-,23?,25?,27+,28?,29-,30+,31-,32?,34+/m0/s1. The van der Waals surface area contributed by atoms with Crippen LogP contribution in [0.5, 0.6) is 0 Å². The molecule has 2 aromatic carbocycles. The Hall–Kier alpha value is -3.78. The Labute approximate surface area is 321 Å². The van der Waals surface area contributed by atoms with Crippen LogP contribution in [0, 0.1) is 0 Å². The molecule has 4 rings (SSSR count).